The molecule has 24 heavy (non-hydrogen) atoms. The summed E-state index contributed by atoms with van der Waals surface area (Å²) in [6.45, 7) is 5.03. The van der Waals surface area contributed by atoms with Crippen molar-refractivity contribution in [3.63, 3.8) is 0 Å². The second-order valence-electron chi connectivity index (χ2n) is 6.71. The zero-order chi connectivity index (χ0) is 17.1. The average Bonchev–Trinajstić information content (AvgIpc) is 2.93. The van der Waals surface area contributed by atoms with E-state index >= 15 is 0 Å². The predicted octanol–water partition coefficient (Wildman–Crippen LogP) is -0.0721. The molecule has 7 nitrogen and oxygen atoms in total. The van der Waals surface area contributed by atoms with E-state index in [1.807, 2.05) is 18.3 Å². The van der Waals surface area contributed by atoms with Crippen LogP contribution in [0.1, 0.15) is 12.0 Å². The zero-order valence-corrected chi connectivity index (χ0v) is 14.4. The van der Waals surface area contributed by atoms with Crippen LogP contribution < -0.4 is 10.2 Å². The van der Waals surface area contributed by atoms with Crippen molar-refractivity contribution in [1.82, 2.24) is 20.1 Å². The number of likely N-dealkylation sites (N-methyl/N-ethyl adjacent to an activating group) is 1. The molecule has 0 spiro atoms. The molecule has 2 fully saturated rings. The van der Waals surface area contributed by atoms with Crippen LogP contribution in [0.25, 0.3) is 0 Å². The van der Waals surface area contributed by atoms with Gasteiger partial charge >= 0.3 is 0 Å². The summed E-state index contributed by atoms with van der Waals surface area (Å²) in [4.78, 5) is 34.4. The fraction of sp³-hybridized carbons (Fsp3) is 0.588. The lowest BCUT2D eigenvalue weighted by Crippen LogP contribution is -2.44. The van der Waals surface area contributed by atoms with Crippen molar-refractivity contribution in [2.75, 3.05) is 51.7 Å². The number of amides is 2. The number of nitrogens with one attached hydrogen (secondary N) is 1. The van der Waals surface area contributed by atoms with E-state index in [-0.39, 0.29) is 17.7 Å². The van der Waals surface area contributed by atoms with Crippen LogP contribution in [0, 0.1) is 5.92 Å². The lowest BCUT2D eigenvalue weighted by molar-refractivity contribution is -0.128. The standard InChI is InChI=1S/C17H25N5O2/c1-20-5-7-22(8-6-20)15-4-3-13(10-18-15)11-19-17(24)14-9-16(23)21(2)12-14/h3-4,10,14H,5-9,11-12H2,1-2H3,(H,19,24). The Bertz CT molecular complexity index is 596. The van der Waals surface area contributed by atoms with E-state index < -0.39 is 0 Å². The summed E-state index contributed by atoms with van der Waals surface area (Å²) in [6.07, 6.45) is 2.13. The van der Waals surface area contributed by atoms with Gasteiger partial charge in [0.15, 0.2) is 0 Å². The molecule has 3 heterocycles. The summed E-state index contributed by atoms with van der Waals surface area (Å²) >= 11 is 0. The normalized spacial score (nSPS) is 22.1. The fourth-order valence-electron chi connectivity index (χ4n) is 3.12. The van der Waals surface area contributed by atoms with Gasteiger partial charge in [-0.1, -0.05) is 6.07 Å². The Balaban J connectivity index is 1.49. The SMILES string of the molecule is CN1CCN(c2ccc(CNC(=O)C3CC(=O)N(C)C3)cn2)CC1. The molecule has 1 aromatic heterocycles. The fourth-order valence-corrected chi connectivity index (χ4v) is 3.12. The smallest absolute Gasteiger partial charge is 0.225 e. The molecule has 2 aliphatic rings. The molecule has 1 aromatic rings. The summed E-state index contributed by atoms with van der Waals surface area (Å²) in [5.41, 5.74) is 0.971. The molecule has 3 rings (SSSR count). The minimum Gasteiger partial charge on any atom is -0.354 e. The highest BCUT2D eigenvalue weighted by atomic mass is 16.2. The maximum absolute atomic E-state index is 12.1. The highest BCUT2D eigenvalue weighted by molar-refractivity contribution is 5.89. The van der Waals surface area contributed by atoms with E-state index in [4.69, 9.17) is 0 Å². The topological polar surface area (TPSA) is 68.8 Å². The number of carbonyl (C=O) groups excluding carboxylic acids is 2. The molecule has 2 amide bonds. The Morgan fingerprint density at radius 2 is 2.00 bits per heavy atom. The molecule has 0 bridgehead atoms. The van der Waals surface area contributed by atoms with Gasteiger partial charge < -0.3 is 20.0 Å². The van der Waals surface area contributed by atoms with Crippen LogP contribution in [-0.4, -0.2) is 73.4 Å². The van der Waals surface area contributed by atoms with Crippen molar-refractivity contribution in [2.24, 2.45) is 5.92 Å². The van der Waals surface area contributed by atoms with E-state index in [9.17, 15) is 9.59 Å². The first-order chi connectivity index (χ1) is 11.5. The van der Waals surface area contributed by atoms with Crippen molar-refractivity contribution in [1.29, 1.82) is 0 Å². The lowest BCUT2D eigenvalue weighted by Gasteiger charge is -2.33. The highest BCUT2D eigenvalue weighted by Crippen LogP contribution is 2.17. The number of piperazine rings is 1. The van der Waals surface area contributed by atoms with Gasteiger partial charge in [-0.05, 0) is 18.7 Å². The molecule has 7 heteroatoms. The molecule has 0 aromatic carbocycles. The van der Waals surface area contributed by atoms with E-state index in [2.05, 4.69) is 27.1 Å². The highest BCUT2D eigenvalue weighted by Gasteiger charge is 2.31. The summed E-state index contributed by atoms with van der Waals surface area (Å²) < 4.78 is 0. The van der Waals surface area contributed by atoms with Gasteiger partial charge in [0, 0.05) is 58.9 Å². The second-order valence-corrected chi connectivity index (χ2v) is 6.71. The van der Waals surface area contributed by atoms with Gasteiger partial charge in [-0.2, -0.15) is 0 Å². The predicted molar refractivity (Wildman–Crippen MR) is 91.5 cm³/mol. The third-order valence-corrected chi connectivity index (χ3v) is 4.81. The van der Waals surface area contributed by atoms with Crippen LogP contribution in [-0.2, 0) is 16.1 Å². The van der Waals surface area contributed by atoms with Crippen molar-refractivity contribution in [2.45, 2.75) is 13.0 Å². The largest absolute Gasteiger partial charge is 0.354 e. The number of hydrogen-bond acceptors (Lipinski definition) is 5. The van der Waals surface area contributed by atoms with Crippen molar-refractivity contribution in [3.8, 4) is 0 Å². The molecule has 2 aliphatic heterocycles. The number of carbonyl (C=O) groups is 2. The molecular formula is C17H25N5O2. The van der Waals surface area contributed by atoms with E-state index in [1.165, 1.54) is 0 Å². The maximum Gasteiger partial charge on any atom is 0.225 e. The van der Waals surface area contributed by atoms with E-state index in [1.54, 1.807) is 11.9 Å². The Morgan fingerprint density at radius 3 is 2.58 bits per heavy atom. The van der Waals surface area contributed by atoms with Crippen molar-refractivity contribution >= 4 is 17.6 Å². The second kappa shape index (κ2) is 7.17. The monoisotopic (exact) mass is 331 g/mol. The molecule has 2 saturated heterocycles. The molecule has 130 valence electrons. The van der Waals surface area contributed by atoms with Crippen molar-refractivity contribution in [3.05, 3.63) is 23.9 Å². The number of nitrogens with zero attached hydrogens (tertiary/aromatic N) is 4. The Hall–Kier alpha value is -2.15. The first-order valence-electron chi connectivity index (χ1n) is 8.43. The van der Waals surface area contributed by atoms with Crippen LogP contribution in [0.3, 0.4) is 0 Å². The Kier molecular flexibility index (Phi) is 4.99. The first kappa shape index (κ1) is 16.7. The lowest BCUT2D eigenvalue weighted by atomic mass is 10.1. The molecule has 1 atom stereocenters. The average molecular weight is 331 g/mol. The Morgan fingerprint density at radius 1 is 1.25 bits per heavy atom. The van der Waals surface area contributed by atoms with Gasteiger partial charge in [0.05, 0.1) is 5.92 Å². The first-order valence-corrected chi connectivity index (χ1v) is 8.43. The van der Waals surface area contributed by atoms with E-state index in [0.29, 0.717) is 19.5 Å². The molecule has 0 saturated carbocycles. The van der Waals surface area contributed by atoms with Crippen LogP contribution in [0.4, 0.5) is 5.82 Å². The molecular weight excluding hydrogens is 306 g/mol. The summed E-state index contributed by atoms with van der Waals surface area (Å²) in [5.74, 6) is 0.727. The number of hydrogen-bond donors (Lipinski definition) is 1. The summed E-state index contributed by atoms with van der Waals surface area (Å²) in [7, 11) is 3.86. The number of rotatable bonds is 4. The quantitative estimate of drug-likeness (QED) is 0.836. The van der Waals surface area contributed by atoms with Gasteiger partial charge in [0.25, 0.3) is 0 Å². The van der Waals surface area contributed by atoms with Crippen LogP contribution in [0.15, 0.2) is 18.3 Å². The summed E-state index contributed by atoms with van der Waals surface area (Å²) in [5, 5.41) is 2.91. The van der Waals surface area contributed by atoms with Crippen LogP contribution in [0.2, 0.25) is 0 Å². The van der Waals surface area contributed by atoms with Gasteiger partial charge in [-0.15, -0.1) is 0 Å². The van der Waals surface area contributed by atoms with Crippen LogP contribution >= 0.6 is 0 Å². The molecule has 1 unspecified atom stereocenters. The van der Waals surface area contributed by atoms with Gasteiger partial charge in [0.1, 0.15) is 5.82 Å². The minimum atomic E-state index is -0.236. The number of aromatic nitrogens is 1. The van der Waals surface area contributed by atoms with Gasteiger partial charge in [0.2, 0.25) is 11.8 Å². The third-order valence-electron chi connectivity index (χ3n) is 4.81. The Labute approximate surface area is 142 Å². The van der Waals surface area contributed by atoms with Crippen LogP contribution in [0.5, 0.6) is 0 Å². The number of pyridine rings is 1. The molecule has 0 aliphatic carbocycles. The third kappa shape index (κ3) is 3.84. The number of anilines is 1. The van der Waals surface area contributed by atoms with Gasteiger partial charge in [-0.25, -0.2) is 4.98 Å². The molecule has 1 N–H and O–H groups in total. The number of likely N-dealkylation sites (tertiary alicyclic amines) is 1. The minimum absolute atomic E-state index is 0.0355. The maximum atomic E-state index is 12.1. The van der Waals surface area contributed by atoms with E-state index in [0.717, 1.165) is 37.6 Å². The van der Waals surface area contributed by atoms with Gasteiger partial charge in [-0.3, -0.25) is 9.59 Å². The summed E-state index contributed by atoms with van der Waals surface area (Å²) in [6, 6.07) is 4.02. The van der Waals surface area contributed by atoms with Crippen molar-refractivity contribution < 1.29 is 9.59 Å². The molecule has 0 radical (unpaired) electrons. The zero-order valence-electron chi connectivity index (χ0n) is 14.4.